The van der Waals surface area contributed by atoms with E-state index in [2.05, 4.69) is 4.90 Å². The van der Waals surface area contributed by atoms with E-state index in [0.717, 1.165) is 18.7 Å². The van der Waals surface area contributed by atoms with Crippen LogP contribution in [0.4, 0.5) is 0 Å². The summed E-state index contributed by atoms with van der Waals surface area (Å²) in [5.74, 6) is -0.231. The number of hydrogen-bond donors (Lipinski definition) is 2. The third kappa shape index (κ3) is 4.00. The number of aromatic hydroxyl groups is 1. The van der Waals surface area contributed by atoms with Gasteiger partial charge in [-0.1, -0.05) is 44.2 Å². The minimum atomic E-state index is -0.444. The number of aromatic nitrogens is 1. The van der Waals surface area contributed by atoms with Crippen molar-refractivity contribution in [2.24, 2.45) is 0 Å². The van der Waals surface area contributed by atoms with E-state index in [0.29, 0.717) is 24.5 Å². The van der Waals surface area contributed by atoms with Crippen LogP contribution in [0.2, 0.25) is 0 Å². The lowest BCUT2D eigenvalue weighted by molar-refractivity contribution is 0.257. The van der Waals surface area contributed by atoms with Gasteiger partial charge >= 0.3 is 0 Å². The van der Waals surface area contributed by atoms with Gasteiger partial charge in [0.05, 0.1) is 12.3 Å². The van der Waals surface area contributed by atoms with Crippen LogP contribution in [-0.4, -0.2) is 32.8 Å². The van der Waals surface area contributed by atoms with E-state index in [1.807, 2.05) is 48.7 Å². The smallest absolute Gasteiger partial charge is 0.223 e. The summed E-state index contributed by atoms with van der Waals surface area (Å²) in [7, 11) is 0. The average molecular weight is 316 g/mol. The Morgan fingerprint density at radius 1 is 1.13 bits per heavy atom. The second kappa shape index (κ2) is 7.94. The summed E-state index contributed by atoms with van der Waals surface area (Å²) in [6.07, 6.45) is 0. The highest BCUT2D eigenvalue weighted by atomic mass is 16.3. The van der Waals surface area contributed by atoms with Crippen molar-refractivity contribution in [1.82, 2.24) is 9.47 Å². The summed E-state index contributed by atoms with van der Waals surface area (Å²) < 4.78 is 1.84. The summed E-state index contributed by atoms with van der Waals surface area (Å²) in [6.45, 7) is 6.44. The first kappa shape index (κ1) is 17.2. The second-order valence-electron chi connectivity index (χ2n) is 5.49. The summed E-state index contributed by atoms with van der Waals surface area (Å²) in [5, 5.41) is 19.9. The van der Waals surface area contributed by atoms with Crippen LogP contribution in [-0.2, 0) is 19.7 Å². The molecule has 0 atom stereocenters. The van der Waals surface area contributed by atoms with Gasteiger partial charge in [0.25, 0.3) is 0 Å². The topological polar surface area (TPSA) is 65.7 Å². The van der Waals surface area contributed by atoms with Gasteiger partial charge in [-0.3, -0.25) is 9.69 Å². The highest BCUT2D eigenvalue weighted by molar-refractivity contribution is 5.31. The van der Waals surface area contributed by atoms with Crippen LogP contribution in [0, 0.1) is 0 Å². The van der Waals surface area contributed by atoms with Crippen molar-refractivity contribution in [1.29, 1.82) is 0 Å². The van der Waals surface area contributed by atoms with Gasteiger partial charge < -0.3 is 14.8 Å². The van der Waals surface area contributed by atoms with Crippen molar-refractivity contribution in [2.75, 3.05) is 13.1 Å². The molecule has 0 bridgehead atoms. The maximum absolute atomic E-state index is 12.0. The van der Waals surface area contributed by atoms with Gasteiger partial charge in [-0.15, -0.1) is 0 Å². The van der Waals surface area contributed by atoms with Crippen molar-refractivity contribution in [3.8, 4) is 5.75 Å². The molecule has 0 saturated heterocycles. The fourth-order valence-corrected chi connectivity index (χ4v) is 2.65. The van der Waals surface area contributed by atoms with Crippen LogP contribution in [0.5, 0.6) is 5.75 Å². The van der Waals surface area contributed by atoms with E-state index in [1.54, 1.807) is 0 Å². The van der Waals surface area contributed by atoms with Gasteiger partial charge in [-0.25, -0.2) is 0 Å². The molecule has 5 heteroatoms. The lowest BCUT2D eigenvalue weighted by atomic mass is 10.1. The van der Waals surface area contributed by atoms with E-state index >= 15 is 0 Å². The number of nitrogens with zero attached hydrogens (tertiary/aromatic N) is 2. The zero-order chi connectivity index (χ0) is 16.8. The lowest BCUT2D eigenvalue weighted by Gasteiger charge is -2.24. The molecule has 5 nitrogen and oxygen atoms in total. The summed E-state index contributed by atoms with van der Waals surface area (Å²) >= 11 is 0. The number of pyridine rings is 1. The standard InChI is InChI=1S/C18H24N2O3/c1-3-19(4-2)12-16-18(23)17(22)10-15(13-21)20(16)11-14-8-6-5-7-9-14/h5-10,21,23H,3-4,11-13H2,1-2H3. The van der Waals surface area contributed by atoms with E-state index < -0.39 is 5.43 Å². The zero-order valence-electron chi connectivity index (χ0n) is 13.7. The number of benzene rings is 1. The van der Waals surface area contributed by atoms with Crippen molar-refractivity contribution < 1.29 is 10.2 Å². The predicted molar refractivity (Wildman–Crippen MR) is 90.5 cm³/mol. The first-order valence-electron chi connectivity index (χ1n) is 7.92. The van der Waals surface area contributed by atoms with Crippen LogP contribution in [0.15, 0.2) is 41.2 Å². The van der Waals surface area contributed by atoms with Gasteiger partial charge in [-0.2, -0.15) is 0 Å². The van der Waals surface area contributed by atoms with E-state index in [9.17, 15) is 15.0 Å². The minimum absolute atomic E-state index is 0.231. The molecule has 2 N–H and O–H groups in total. The molecule has 1 aromatic carbocycles. The molecule has 0 aliphatic heterocycles. The average Bonchev–Trinajstić information content (AvgIpc) is 2.58. The van der Waals surface area contributed by atoms with Crippen molar-refractivity contribution >= 4 is 0 Å². The molecule has 0 spiro atoms. The SMILES string of the molecule is CCN(CC)Cc1c(O)c(=O)cc(CO)n1Cc1ccccc1. The quantitative estimate of drug-likeness (QED) is 0.819. The molecule has 23 heavy (non-hydrogen) atoms. The van der Waals surface area contributed by atoms with E-state index in [-0.39, 0.29) is 12.4 Å². The molecule has 1 aromatic heterocycles. The Morgan fingerprint density at radius 2 is 1.78 bits per heavy atom. The normalized spacial score (nSPS) is 11.1. The fraction of sp³-hybridized carbons (Fsp3) is 0.389. The van der Waals surface area contributed by atoms with Gasteiger partial charge in [0, 0.05) is 24.8 Å². The lowest BCUT2D eigenvalue weighted by Crippen LogP contribution is -2.27. The molecule has 1 heterocycles. The molecule has 0 fully saturated rings. The molecular formula is C18H24N2O3. The number of rotatable bonds is 7. The van der Waals surface area contributed by atoms with Crippen LogP contribution in [0.1, 0.15) is 30.8 Å². The fourth-order valence-electron chi connectivity index (χ4n) is 2.65. The Bertz CT molecular complexity index is 691. The maximum Gasteiger partial charge on any atom is 0.223 e. The van der Waals surface area contributed by atoms with Crippen LogP contribution >= 0.6 is 0 Å². The van der Waals surface area contributed by atoms with Crippen molar-refractivity contribution in [2.45, 2.75) is 33.5 Å². The number of hydrogen-bond acceptors (Lipinski definition) is 4. The van der Waals surface area contributed by atoms with Crippen LogP contribution in [0.25, 0.3) is 0 Å². The zero-order valence-corrected chi connectivity index (χ0v) is 13.7. The Morgan fingerprint density at radius 3 is 2.35 bits per heavy atom. The van der Waals surface area contributed by atoms with Crippen molar-refractivity contribution in [3.05, 3.63) is 63.6 Å². The van der Waals surface area contributed by atoms with E-state index in [4.69, 9.17) is 0 Å². The minimum Gasteiger partial charge on any atom is -0.503 e. The first-order chi connectivity index (χ1) is 11.1. The van der Waals surface area contributed by atoms with Crippen molar-refractivity contribution in [3.63, 3.8) is 0 Å². The Hall–Kier alpha value is -2.11. The molecule has 0 unspecified atom stereocenters. The number of aliphatic hydroxyl groups is 1. The summed E-state index contributed by atoms with van der Waals surface area (Å²) in [6, 6.07) is 11.1. The van der Waals surface area contributed by atoms with Crippen LogP contribution in [0.3, 0.4) is 0 Å². The third-order valence-corrected chi connectivity index (χ3v) is 4.09. The molecule has 2 aromatic rings. The summed E-state index contributed by atoms with van der Waals surface area (Å²) in [5.41, 5.74) is 1.67. The third-order valence-electron chi connectivity index (χ3n) is 4.09. The molecular weight excluding hydrogens is 292 g/mol. The highest BCUT2D eigenvalue weighted by Gasteiger charge is 2.17. The monoisotopic (exact) mass is 316 g/mol. The predicted octanol–water partition coefficient (Wildman–Crippen LogP) is 1.94. The maximum atomic E-state index is 12.0. The van der Waals surface area contributed by atoms with Gasteiger partial charge in [0.15, 0.2) is 5.75 Å². The second-order valence-corrected chi connectivity index (χ2v) is 5.49. The molecule has 0 amide bonds. The Labute approximate surface area is 136 Å². The largest absolute Gasteiger partial charge is 0.503 e. The molecule has 0 aliphatic carbocycles. The van der Waals surface area contributed by atoms with E-state index in [1.165, 1.54) is 6.07 Å². The molecule has 0 radical (unpaired) electrons. The Kier molecular flexibility index (Phi) is 5.96. The van der Waals surface area contributed by atoms with Crippen LogP contribution < -0.4 is 5.43 Å². The Balaban J connectivity index is 2.52. The van der Waals surface area contributed by atoms with Gasteiger partial charge in [0.2, 0.25) is 5.43 Å². The first-order valence-corrected chi connectivity index (χ1v) is 7.92. The molecule has 124 valence electrons. The molecule has 0 saturated carbocycles. The number of aliphatic hydroxyl groups excluding tert-OH is 1. The molecule has 0 aliphatic rings. The van der Waals surface area contributed by atoms with Gasteiger partial charge in [0.1, 0.15) is 0 Å². The molecule has 2 rings (SSSR count). The highest BCUT2D eigenvalue weighted by Crippen LogP contribution is 2.19. The summed E-state index contributed by atoms with van der Waals surface area (Å²) in [4.78, 5) is 14.1. The van der Waals surface area contributed by atoms with Gasteiger partial charge in [-0.05, 0) is 18.7 Å².